The van der Waals surface area contributed by atoms with E-state index in [1.54, 1.807) is 20.8 Å². The molecule has 8 nitrogen and oxygen atoms in total. The Morgan fingerprint density at radius 1 is 1.11 bits per heavy atom. The summed E-state index contributed by atoms with van der Waals surface area (Å²) in [5.74, 6) is -0.501. The third-order valence-corrected chi connectivity index (χ3v) is 7.91. The Bertz CT molecular complexity index is 1360. The van der Waals surface area contributed by atoms with Gasteiger partial charge in [-0.1, -0.05) is 30.3 Å². The summed E-state index contributed by atoms with van der Waals surface area (Å²) in [5.41, 5.74) is 8.76. The van der Waals surface area contributed by atoms with E-state index in [0.29, 0.717) is 24.8 Å². The summed E-state index contributed by atoms with van der Waals surface area (Å²) in [7, 11) is 0. The number of fused-ring (bicyclic) bond motifs is 3. The van der Waals surface area contributed by atoms with Crippen LogP contribution in [0, 0.1) is 0 Å². The number of rotatable bonds is 7. The number of amides is 1. The van der Waals surface area contributed by atoms with Crippen molar-refractivity contribution in [1.82, 2.24) is 15.6 Å². The van der Waals surface area contributed by atoms with E-state index < -0.39 is 23.0 Å². The van der Waals surface area contributed by atoms with Crippen molar-refractivity contribution < 1.29 is 14.4 Å². The molecule has 0 bridgehead atoms. The molecule has 37 heavy (non-hydrogen) atoms. The van der Waals surface area contributed by atoms with Crippen LogP contribution in [0.3, 0.4) is 0 Å². The molecule has 194 valence electrons. The second kappa shape index (κ2) is 9.43. The summed E-state index contributed by atoms with van der Waals surface area (Å²) < 4.78 is 0. The van der Waals surface area contributed by atoms with Gasteiger partial charge in [-0.05, 0) is 70.0 Å². The van der Waals surface area contributed by atoms with Crippen molar-refractivity contribution in [3.63, 3.8) is 0 Å². The average Bonchev–Trinajstić information content (AvgIpc) is 3.42. The van der Waals surface area contributed by atoms with Crippen LogP contribution in [-0.4, -0.2) is 53.2 Å². The van der Waals surface area contributed by atoms with Gasteiger partial charge in [-0.3, -0.25) is 14.4 Å². The third kappa shape index (κ3) is 4.45. The molecule has 0 saturated carbocycles. The molecular weight excluding hydrogens is 466 g/mol. The van der Waals surface area contributed by atoms with E-state index in [9.17, 15) is 14.4 Å². The number of hydrogen-bond donors (Lipinski definition) is 5. The zero-order chi connectivity index (χ0) is 26.4. The Morgan fingerprint density at radius 2 is 1.84 bits per heavy atom. The van der Waals surface area contributed by atoms with Gasteiger partial charge in [0.15, 0.2) is 11.6 Å². The number of carbonyl (C=O) groups is 3. The van der Waals surface area contributed by atoms with Crippen molar-refractivity contribution in [1.29, 1.82) is 0 Å². The van der Waals surface area contributed by atoms with Crippen LogP contribution in [-0.2, 0) is 21.4 Å². The first-order chi connectivity index (χ1) is 17.6. The van der Waals surface area contributed by atoms with E-state index in [2.05, 4.69) is 20.9 Å². The first-order valence-electron chi connectivity index (χ1n) is 12.9. The summed E-state index contributed by atoms with van der Waals surface area (Å²) in [5, 5.41) is 10.9. The molecule has 5 rings (SSSR count). The average molecular weight is 502 g/mol. The van der Waals surface area contributed by atoms with E-state index >= 15 is 0 Å². The fourth-order valence-corrected chi connectivity index (χ4v) is 5.98. The number of Topliss-reactive ketones (excluding diaryl/α,β-unsaturated/α-hetero) is 2. The van der Waals surface area contributed by atoms with Crippen molar-refractivity contribution in [3.05, 3.63) is 65.4 Å². The maximum absolute atomic E-state index is 14.5. The quantitative estimate of drug-likeness (QED) is 0.317. The van der Waals surface area contributed by atoms with Crippen LogP contribution >= 0.6 is 0 Å². The van der Waals surface area contributed by atoms with Crippen molar-refractivity contribution in [3.8, 4) is 0 Å². The summed E-state index contributed by atoms with van der Waals surface area (Å²) in [6.07, 6.45) is 3.65. The lowest BCUT2D eigenvalue weighted by Gasteiger charge is -2.40. The molecule has 2 aliphatic rings. The maximum atomic E-state index is 14.5. The van der Waals surface area contributed by atoms with Crippen LogP contribution in [0.15, 0.2) is 48.7 Å². The highest BCUT2D eigenvalue weighted by Crippen LogP contribution is 2.49. The second-order valence-electron chi connectivity index (χ2n) is 11.0. The van der Waals surface area contributed by atoms with Gasteiger partial charge in [0.1, 0.15) is 0 Å². The molecule has 1 spiro atoms. The fraction of sp³-hybridized carbons (Fsp3) is 0.414. The van der Waals surface area contributed by atoms with Crippen LogP contribution in [0.1, 0.15) is 55.1 Å². The topological polar surface area (TPSA) is 129 Å². The van der Waals surface area contributed by atoms with Gasteiger partial charge in [-0.2, -0.15) is 0 Å². The molecular formula is C29H35N5O3. The molecule has 2 atom stereocenters. The monoisotopic (exact) mass is 501 g/mol. The minimum Gasteiger partial charge on any atom is -0.374 e. The number of hydrogen-bond acceptors (Lipinski definition) is 6. The number of aromatic nitrogens is 1. The first kappa shape index (κ1) is 25.2. The van der Waals surface area contributed by atoms with Gasteiger partial charge in [-0.25, -0.2) is 0 Å². The Morgan fingerprint density at radius 3 is 2.54 bits per heavy atom. The standard InChI is InChI=1S/C29H35N5O3/c1-17(35)19-8-6-10-22-24(19)29(11-13-31-14-12-29)26(33-22)25(36)23(34-27(37)28(2,3)30)15-18-16-32-21-9-5-4-7-20(18)21/h4-10,16,23,26,31-33H,11-15,30H2,1-3H3,(H,34,37)/t23-,26?/m1/s1. The van der Waals surface area contributed by atoms with Crippen molar-refractivity contribution >= 4 is 34.1 Å². The number of nitrogens with one attached hydrogen (secondary N) is 4. The third-order valence-electron chi connectivity index (χ3n) is 7.91. The molecule has 0 aliphatic carbocycles. The molecule has 1 aromatic heterocycles. The minimum absolute atomic E-state index is 0.0156. The first-order valence-corrected chi connectivity index (χ1v) is 12.9. The van der Waals surface area contributed by atoms with Crippen LogP contribution in [0.4, 0.5) is 5.69 Å². The second-order valence-corrected chi connectivity index (χ2v) is 11.0. The predicted octanol–water partition coefficient (Wildman–Crippen LogP) is 2.82. The van der Waals surface area contributed by atoms with Gasteiger partial charge < -0.3 is 26.7 Å². The van der Waals surface area contributed by atoms with Gasteiger partial charge >= 0.3 is 0 Å². The predicted molar refractivity (Wildman–Crippen MR) is 145 cm³/mol. The van der Waals surface area contributed by atoms with Gasteiger partial charge in [-0.15, -0.1) is 0 Å². The summed E-state index contributed by atoms with van der Waals surface area (Å²) in [6.45, 7) is 6.32. The molecule has 2 aromatic carbocycles. The molecule has 3 heterocycles. The van der Waals surface area contributed by atoms with Gasteiger partial charge in [0.25, 0.3) is 0 Å². The van der Waals surface area contributed by atoms with Gasteiger partial charge in [0.2, 0.25) is 5.91 Å². The molecule has 0 radical (unpaired) electrons. The molecule has 1 saturated heterocycles. The Kier molecular flexibility index (Phi) is 6.41. The van der Waals surface area contributed by atoms with Crippen molar-refractivity contribution in [2.45, 2.75) is 63.1 Å². The summed E-state index contributed by atoms with van der Waals surface area (Å²) in [6, 6.07) is 12.2. The highest BCUT2D eigenvalue weighted by molar-refractivity contribution is 6.03. The molecule has 8 heteroatoms. The number of benzene rings is 2. The molecule has 2 aliphatic heterocycles. The van der Waals surface area contributed by atoms with E-state index in [1.165, 1.54) is 0 Å². The molecule has 6 N–H and O–H groups in total. The zero-order valence-corrected chi connectivity index (χ0v) is 21.6. The number of ketones is 2. The SMILES string of the molecule is CC(=O)c1cccc2c1C1(CCNCC1)C(C(=O)[C@@H](Cc1c[nH]c3ccccc13)NC(=O)C(C)(C)N)N2. The number of para-hydroxylation sites is 1. The van der Waals surface area contributed by atoms with Crippen molar-refractivity contribution in [2.75, 3.05) is 18.4 Å². The highest BCUT2D eigenvalue weighted by atomic mass is 16.2. The van der Waals surface area contributed by atoms with Gasteiger partial charge in [0, 0.05) is 40.2 Å². The largest absolute Gasteiger partial charge is 0.374 e. The number of H-pyrrole nitrogens is 1. The molecule has 1 fully saturated rings. The number of nitrogens with two attached hydrogens (primary N) is 1. The minimum atomic E-state index is -1.14. The summed E-state index contributed by atoms with van der Waals surface area (Å²) in [4.78, 5) is 43.4. The lowest BCUT2D eigenvalue weighted by Crippen LogP contribution is -2.60. The Balaban J connectivity index is 1.56. The number of carbonyl (C=O) groups excluding carboxylic acids is 3. The smallest absolute Gasteiger partial charge is 0.240 e. The zero-order valence-electron chi connectivity index (χ0n) is 21.6. The van der Waals surface area contributed by atoms with Crippen LogP contribution in [0.25, 0.3) is 10.9 Å². The lowest BCUT2D eigenvalue weighted by molar-refractivity contribution is -0.131. The highest BCUT2D eigenvalue weighted by Gasteiger charge is 2.53. The fourth-order valence-electron chi connectivity index (χ4n) is 5.98. The van der Waals surface area contributed by atoms with Crippen LogP contribution in [0.5, 0.6) is 0 Å². The number of aromatic amines is 1. The summed E-state index contributed by atoms with van der Waals surface area (Å²) >= 11 is 0. The van der Waals surface area contributed by atoms with E-state index in [0.717, 1.165) is 40.8 Å². The van der Waals surface area contributed by atoms with E-state index in [-0.39, 0.29) is 17.5 Å². The normalized spacial score (nSPS) is 19.3. The molecule has 1 unspecified atom stereocenters. The van der Waals surface area contributed by atoms with Crippen molar-refractivity contribution in [2.24, 2.45) is 5.73 Å². The molecule has 1 amide bonds. The maximum Gasteiger partial charge on any atom is 0.240 e. The Labute approximate surface area is 216 Å². The molecule has 3 aromatic rings. The van der Waals surface area contributed by atoms with Gasteiger partial charge in [0.05, 0.1) is 17.6 Å². The van der Waals surface area contributed by atoms with E-state index in [1.807, 2.05) is 48.7 Å². The van der Waals surface area contributed by atoms with Crippen LogP contribution in [0.2, 0.25) is 0 Å². The van der Waals surface area contributed by atoms with Crippen LogP contribution < -0.4 is 21.7 Å². The van der Waals surface area contributed by atoms with E-state index in [4.69, 9.17) is 5.73 Å². The lowest BCUT2D eigenvalue weighted by atomic mass is 9.66. The Hall–Kier alpha value is -3.49. The number of piperidine rings is 1. The number of anilines is 1.